The number of nitrogen functional groups attached to an aromatic ring is 1. The number of nitrogens with two attached hydrogens (primary N) is 1. The smallest absolute Gasteiger partial charge is 0.272 e. The number of pyridine rings is 1. The molecule has 1 fully saturated rings. The molecule has 0 radical (unpaired) electrons. The van der Waals surface area contributed by atoms with Crippen LogP contribution in [0.1, 0.15) is 12.8 Å². The molecule has 0 amide bonds. The SMILES string of the molecule is Nc1ccc(OCC(F)F)nc1OCC1CC1. The van der Waals surface area contributed by atoms with Crippen LogP contribution in [0.2, 0.25) is 0 Å². The minimum absolute atomic E-state index is 0.102. The Kier molecular flexibility index (Phi) is 3.61. The van der Waals surface area contributed by atoms with Gasteiger partial charge in [0.25, 0.3) is 6.43 Å². The van der Waals surface area contributed by atoms with Gasteiger partial charge in [0, 0.05) is 6.07 Å². The summed E-state index contributed by atoms with van der Waals surface area (Å²) in [6, 6.07) is 2.98. The van der Waals surface area contributed by atoms with Gasteiger partial charge in [0.1, 0.15) is 0 Å². The second-order valence-electron chi connectivity index (χ2n) is 4.00. The van der Waals surface area contributed by atoms with Crippen molar-refractivity contribution in [3.05, 3.63) is 12.1 Å². The molecule has 6 heteroatoms. The van der Waals surface area contributed by atoms with E-state index in [1.165, 1.54) is 12.1 Å². The zero-order valence-electron chi connectivity index (χ0n) is 9.23. The van der Waals surface area contributed by atoms with Crippen molar-refractivity contribution < 1.29 is 18.3 Å². The Morgan fingerprint density at radius 2 is 2.12 bits per heavy atom. The summed E-state index contributed by atoms with van der Waals surface area (Å²) < 4.78 is 34.1. The summed E-state index contributed by atoms with van der Waals surface area (Å²) in [7, 11) is 0. The molecular formula is C11H14F2N2O2. The number of anilines is 1. The van der Waals surface area contributed by atoms with Crippen LogP contribution in [0, 0.1) is 5.92 Å². The number of alkyl halides is 2. The first-order valence-electron chi connectivity index (χ1n) is 5.45. The molecule has 1 aromatic heterocycles. The molecule has 0 aliphatic heterocycles. The third kappa shape index (κ3) is 3.72. The molecule has 1 aliphatic rings. The summed E-state index contributed by atoms with van der Waals surface area (Å²) in [6.45, 7) is -0.117. The Morgan fingerprint density at radius 3 is 2.76 bits per heavy atom. The quantitative estimate of drug-likeness (QED) is 0.832. The Bertz CT molecular complexity index is 384. The molecule has 2 N–H and O–H groups in total. The molecule has 1 heterocycles. The molecule has 17 heavy (non-hydrogen) atoms. The van der Waals surface area contributed by atoms with E-state index in [4.69, 9.17) is 15.2 Å². The predicted molar refractivity (Wildman–Crippen MR) is 58.4 cm³/mol. The van der Waals surface area contributed by atoms with Crippen molar-refractivity contribution in [1.82, 2.24) is 4.98 Å². The Labute approximate surface area is 97.7 Å². The lowest BCUT2D eigenvalue weighted by Gasteiger charge is -2.09. The summed E-state index contributed by atoms with van der Waals surface area (Å²) in [5.74, 6) is 0.927. The van der Waals surface area contributed by atoms with Crippen molar-refractivity contribution in [2.24, 2.45) is 5.92 Å². The van der Waals surface area contributed by atoms with E-state index in [9.17, 15) is 8.78 Å². The van der Waals surface area contributed by atoms with E-state index in [0.717, 1.165) is 12.8 Å². The molecule has 1 aliphatic carbocycles. The van der Waals surface area contributed by atoms with Gasteiger partial charge in [-0.2, -0.15) is 4.98 Å². The van der Waals surface area contributed by atoms with Crippen molar-refractivity contribution in [3.63, 3.8) is 0 Å². The number of halogens is 2. The largest absolute Gasteiger partial charge is 0.476 e. The van der Waals surface area contributed by atoms with Gasteiger partial charge in [-0.05, 0) is 24.8 Å². The van der Waals surface area contributed by atoms with Gasteiger partial charge in [-0.3, -0.25) is 0 Å². The van der Waals surface area contributed by atoms with Gasteiger partial charge >= 0.3 is 0 Å². The Balaban J connectivity index is 1.94. The number of hydrogen-bond donors (Lipinski definition) is 1. The van der Waals surface area contributed by atoms with E-state index in [1.807, 2.05) is 0 Å². The van der Waals surface area contributed by atoms with Crippen LogP contribution in [0.5, 0.6) is 11.8 Å². The molecule has 0 spiro atoms. The number of nitrogens with zero attached hydrogens (tertiary/aromatic N) is 1. The maximum Gasteiger partial charge on any atom is 0.272 e. The molecule has 2 rings (SSSR count). The molecule has 0 saturated heterocycles. The van der Waals surface area contributed by atoms with Crippen LogP contribution in [-0.2, 0) is 0 Å². The lowest BCUT2D eigenvalue weighted by Crippen LogP contribution is -2.09. The van der Waals surface area contributed by atoms with E-state index < -0.39 is 13.0 Å². The highest BCUT2D eigenvalue weighted by Gasteiger charge is 2.22. The van der Waals surface area contributed by atoms with Gasteiger partial charge in [0.05, 0.1) is 12.3 Å². The van der Waals surface area contributed by atoms with E-state index in [-0.39, 0.29) is 11.8 Å². The van der Waals surface area contributed by atoms with Crippen molar-refractivity contribution in [3.8, 4) is 11.8 Å². The van der Waals surface area contributed by atoms with E-state index in [1.54, 1.807) is 0 Å². The summed E-state index contributed by atoms with van der Waals surface area (Å²) in [6.07, 6.45) is -0.214. The fourth-order valence-corrected chi connectivity index (χ4v) is 1.26. The third-order valence-corrected chi connectivity index (χ3v) is 2.37. The molecule has 1 saturated carbocycles. The molecule has 0 atom stereocenters. The Morgan fingerprint density at radius 1 is 1.35 bits per heavy atom. The minimum atomic E-state index is -2.52. The normalized spacial score (nSPS) is 15.0. The minimum Gasteiger partial charge on any atom is -0.476 e. The average molecular weight is 244 g/mol. The van der Waals surface area contributed by atoms with E-state index >= 15 is 0 Å². The zero-order valence-corrected chi connectivity index (χ0v) is 9.23. The van der Waals surface area contributed by atoms with Gasteiger partial charge in [-0.25, -0.2) is 8.78 Å². The van der Waals surface area contributed by atoms with Crippen LogP contribution in [0.4, 0.5) is 14.5 Å². The van der Waals surface area contributed by atoms with Gasteiger partial charge in [0.2, 0.25) is 11.8 Å². The first kappa shape index (κ1) is 11.9. The second kappa shape index (κ2) is 5.16. The van der Waals surface area contributed by atoms with Crippen molar-refractivity contribution in [1.29, 1.82) is 0 Å². The lowest BCUT2D eigenvalue weighted by atomic mass is 10.4. The van der Waals surface area contributed by atoms with E-state index in [0.29, 0.717) is 18.2 Å². The maximum absolute atomic E-state index is 12.0. The monoisotopic (exact) mass is 244 g/mol. The Hall–Kier alpha value is -1.59. The average Bonchev–Trinajstić information content (AvgIpc) is 3.10. The molecular weight excluding hydrogens is 230 g/mol. The predicted octanol–water partition coefficient (Wildman–Crippen LogP) is 2.10. The second-order valence-corrected chi connectivity index (χ2v) is 4.00. The number of hydrogen-bond acceptors (Lipinski definition) is 4. The van der Waals surface area contributed by atoms with Crippen LogP contribution in [-0.4, -0.2) is 24.6 Å². The molecule has 0 aromatic carbocycles. The standard InChI is InChI=1S/C11H14F2N2O2/c12-9(13)6-16-10-4-3-8(14)11(15-10)17-5-7-1-2-7/h3-4,7,9H,1-2,5-6,14H2. The van der Waals surface area contributed by atoms with Crippen LogP contribution >= 0.6 is 0 Å². The molecule has 0 bridgehead atoms. The van der Waals surface area contributed by atoms with E-state index in [2.05, 4.69) is 4.98 Å². The summed E-state index contributed by atoms with van der Waals surface area (Å²) in [4.78, 5) is 3.94. The van der Waals surface area contributed by atoms with Gasteiger partial charge in [0.15, 0.2) is 6.61 Å². The molecule has 94 valence electrons. The van der Waals surface area contributed by atoms with Gasteiger partial charge < -0.3 is 15.2 Å². The topological polar surface area (TPSA) is 57.4 Å². The summed E-state index contributed by atoms with van der Waals surface area (Å²) in [5.41, 5.74) is 6.05. The first-order chi connectivity index (χ1) is 8.15. The molecule has 1 aromatic rings. The van der Waals surface area contributed by atoms with Crippen LogP contribution in [0.25, 0.3) is 0 Å². The number of rotatable bonds is 6. The van der Waals surface area contributed by atoms with Crippen LogP contribution < -0.4 is 15.2 Å². The summed E-state index contributed by atoms with van der Waals surface area (Å²) in [5, 5.41) is 0. The van der Waals surface area contributed by atoms with Crippen molar-refractivity contribution in [2.75, 3.05) is 18.9 Å². The summed E-state index contributed by atoms with van der Waals surface area (Å²) >= 11 is 0. The highest BCUT2D eigenvalue weighted by molar-refractivity contribution is 5.49. The molecule has 4 nitrogen and oxygen atoms in total. The highest BCUT2D eigenvalue weighted by Crippen LogP contribution is 2.30. The van der Waals surface area contributed by atoms with Gasteiger partial charge in [-0.1, -0.05) is 0 Å². The number of ether oxygens (including phenoxy) is 2. The van der Waals surface area contributed by atoms with Crippen LogP contribution in [0.3, 0.4) is 0 Å². The third-order valence-electron chi connectivity index (χ3n) is 2.37. The fourth-order valence-electron chi connectivity index (χ4n) is 1.26. The lowest BCUT2D eigenvalue weighted by molar-refractivity contribution is 0.0791. The maximum atomic E-state index is 12.0. The fraction of sp³-hybridized carbons (Fsp3) is 0.545. The van der Waals surface area contributed by atoms with Crippen molar-refractivity contribution in [2.45, 2.75) is 19.3 Å². The number of aromatic nitrogens is 1. The zero-order chi connectivity index (χ0) is 12.3. The van der Waals surface area contributed by atoms with Gasteiger partial charge in [-0.15, -0.1) is 0 Å². The van der Waals surface area contributed by atoms with Crippen LogP contribution in [0.15, 0.2) is 12.1 Å². The first-order valence-corrected chi connectivity index (χ1v) is 5.45. The highest BCUT2D eigenvalue weighted by atomic mass is 19.3. The molecule has 0 unspecified atom stereocenters. The van der Waals surface area contributed by atoms with Crippen molar-refractivity contribution >= 4 is 5.69 Å².